The second kappa shape index (κ2) is 4.84. The number of halogens is 1. The van der Waals surface area contributed by atoms with E-state index in [4.69, 9.17) is 17.3 Å². The number of nitrogen functional groups attached to an aromatic ring is 1. The van der Waals surface area contributed by atoms with E-state index in [1.807, 2.05) is 0 Å². The van der Waals surface area contributed by atoms with Gasteiger partial charge in [0.25, 0.3) is 5.91 Å². The molecular formula is C10H9ClN4O2. The average molecular weight is 253 g/mol. The number of rotatable bonds is 3. The number of carbonyl (C=O) groups is 1. The molecule has 2 aromatic rings. The van der Waals surface area contributed by atoms with Gasteiger partial charge >= 0.3 is 0 Å². The number of nitrogens with zero attached hydrogens (tertiary/aromatic N) is 2. The second-order valence-electron chi connectivity index (χ2n) is 3.26. The molecule has 0 spiro atoms. The van der Waals surface area contributed by atoms with E-state index >= 15 is 0 Å². The van der Waals surface area contributed by atoms with Crippen LogP contribution in [-0.2, 0) is 6.54 Å². The number of aromatic nitrogens is 2. The van der Waals surface area contributed by atoms with Crippen molar-refractivity contribution in [3.8, 4) is 0 Å². The third-order valence-electron chi connectivity index (χ3n) is 2.07. The molecule has 3 N–H and O–H groups in total. The molecule has 17 heavy (non-hydrogen) atoms. The number of nitrogens with one attached hydrogen (secondary N) is 1. The maximum absolute atomic E-state index is 11.8. The standard InChI is InChI=1S/C10H9ClN4O2/c11-6-1-2-7(8(12)3-6)10(16)13-4-9-14-5-17-15-9/h1-3,5H,4,12H2,(H,13,16). The monoisotopic (exact) mass is 252 g/mol. The van der Waals surface area contributed by atoms with E-state index in [2.05, 4.69) is 20.0 Å². The van der Waals surface area contributed by atoms with E-state index in [0.717, 1.165) is 0 Å². The number of anilines is 1. The highest BCUT2D eigenvalue weighted by Gasteiger charge is 2.10. The molecule has 0 unspecified atom stereocenters. The first-order chi connectivity index (χ1) is 8.16. The first-order valence-electron chi connectivity index (χ1n) is 4.75. The predicted octanol–water partition coefficient (Wildman–Crippen LogP) is 1.24. The van der Waals surface area contributed by atoms with Gasteiger partial charge in [-0.2, -0.15) is 4.98 Å². The number of benzene rings is 1. The van der Waals surface area contributed by atoms with Gasteiger partial charge in [-0.3, -0.25) is 4.79 Å². The third kappa shape index (κ3) is 2.73. The van der Waals surface area contributed by atoms with Gasteiger partial charge in [-0.05, 0) is 18.2 Å². The summed E-state index contributed by atoms with van der Waals surface area (Å²) in [7, 11) is 0. The van der Waals surface area contributed by atoms with Crippen LogP contribution >= 0.6 is 11.6 Å². The molecule has 2 rings (SSSR count). The maximum Gasteiger partial charge on any atom is 0.253 e. The Balaban J connectivity index is 2.04. The number of hydrogen-bond acceptors (Lipinski definition) is 5. The van der Waals surface area contributed by atoms with Crippen LogP contribution in [0.15, 0.2) is 29.1 Å². The van der Waals surface area contributed by atoms with E-state index in [-0.39, 0.29) is 12.5 Å². The minimum absolute atomic E-state index is 0.178. The van der Waals surface area contributed by atoms with Crippen molar-refractivity contribution in [1.82, 2.24) is 15.5 Å². The van der Waals surface area contributed by atoms with Crippen molar-refractivity contribution >= 4 is 23.2 Å². The van der Waals surface area contributed by atoms with E-state index in [9.17, 15) is 4.79 Å². The first-order valence-corrected chi connectivity index (χ1v) is 5.13. The summed E-state index contributed by atoms with van der Waals surface area (Å²) in [5.41, 5.74) is 6.36. The van der Waals surface area contributed by atoms with Crippen LogP contribution in [-0.4, -0.2) is 16.0 Å². The number of carbonyl (C=O) groups excluding carboxylic acids is 1. The molecule has 1 aromatic carbocycles. The fourth-order valence-electron chi connectivity index (χ4n) is 1.27. The Morgan fingerprint density at radius 3 is 3.00 bits per heavy atom. The summed E-state index contributed by atoms with van der Waals surface area (Å²) in [6.45, 7) is 0.178. The molecule has 0 aliphatic rings. The Labute approximate surface area is 102 Å². The van der Waals surface area contributed by atoms with Crippen molar-refractivity contribution in [1.29, 1.82) is 0 Å². The van der Waals surface area contributed by atoms with Crippen LogP contribution in [0.25, 0.3) is 0 Å². The van der Waals surface area contributed by atoms with Crippen LogP contribution < -0.4 is 11.1 Å². The molecule has 1 heterocycles. The topological polar surface area (TPSA) is 94.0 Å². The van der Waals surface area contributed by atoms with Gasteiger partial charge in [0.1, 0.15) is 0 Å². The molecule has 0 radical (unpaired) electrons. The lowest BCUT2D eigenvalue weighted by Gasteiger charge is -2.05. The minimum atomic E-state index is -0.316. The summed E-state index contributed by atoms with van der Waals surface area (Å²) in [5, 5.41) is 6.66. The SMILES string of the molecule is Nc1cc(Cl)ccc1C(=O)NCc1ncon1. The van der Waals surface area contributed by atoms with Gasteiger partial charge < -0.3 is 15.6 Å². The Morgan fingerprint density at radius 1 is 1.53 bits per heavy atom. The van der Waals surface area contributed by atoms with Gasteiger partial charge in [-0.15, -0.1) is 0 Å². The molecule has 0 saturated heterocycles. The Bertz CT molecular complexity index is 527. The third-order valence-corrected chi connectivity index (χ3v) is 2.31. The average Bonchev–Trinajstić information content (AvgIpc) is 2.78. The Morgan fingerprint density at radius 2 is 2.35 bits per heavy atom. The number of nitrogens with two attached hydrogens (primary N) is 1. The minimum Gasteiger partial charge on any atom is -0.398 e. The molecule has 7 heteroatoms. The van der Waals surface area contributed by atoms with E-state index in [1.165, 1.54) is 12.5 Å². The quantitative estimate of drug-likeness (QED) is 0.802. The van der Waals surface area contributed by atoms with Gasteiger partial charge in [0.05, 0.1) is 12.1 Å². The van der Waals surface area contributed by atoms with Crippen molar-refractivity contribution in [2.45, 2.75) is 6.54 Å². The van der Waals surface area contributed by atoms with Gasteiger partial charge in [-0.25, -0.2) is 0 Å². The fourth-order valence-corrected chi connectivity index (χ4v) is 1.45. The van der Waals surface area contributed by atoms with Crippen LogP contribution in [0.2, 0.25) is 5.02 Å². The predicted molar refractivity (Wildman–Crippen MR) is 61.3 cm³/mol. The Hall–Kier alpha value is -2.08. The molecule has 0 saturated carbocycles. The fraction of sp³-hybridized carbons (Fsp3) is 0.100. The molecular weight excluding hydrogens is 244 g/mol. The molecule has 1 amide bonds. The van der Waals surface area contributed by atoms with Crippen LogP contribution in [0.5, 0.6) is 0 Å². The van der Waals surface area contributed by atoms with E-state index < -0.39 is 0 Å². The van der Waals surface area contributed by atoms with Crippen molar-refractivity contribution in [2.75, 3.05) is 5.73 Å². The van der Waals surface area contributed by atoms with Crippen molar-refractivity contribution in [3.05, 3.63) is 41.0 Å². The number of hydrogen-bond donors (Lipinski definition) is 2. The van der Waals surface area contributed by atoms with Crippen LogP contribution in [0.4, 0.5) is 5.69 Å². The zero-order valence-electron chi connectivity index (χ0n) is 8.68. The Kier molecular flexibility index (Phi) is 3.24. The summed E-state index contributed by atoms with van der Waals surface area (Å²) in [4.78, 5) is 15.5. The summed E-state index contributed by atoms with van der Waals surface area (Å²) < 4.78 is 4.54. The molecule has 6 nitrogen and oxygen atoms in total. The molecule has 0 bridgehead atoms. The molecule has 0 aliphatic carbocycles. The lowest BCUT2D eigenvalue weighted by atomic mass is 10.1. The lowest BCUT2D eigenvalue weighted by Crippen LogP contribution is -2.24. The largest absolute Gasteiger partial charge is 0.398 e. The molecule has 0 atom stereocenters. The number of amides is 1. The zero-order valence-corrected chi connectivity index (χ0v) is 9.44. The lowest BCUT2D eigenvalue weighted by molar-refractivity contribution is 0.0950. The summed E-state index contributed by atoms with van der Waals surface area (Å²) in [6, 6.07) is 4.68. The first kappa shape index (κ1) is 11.4. The zero-order chi connectivity index (χ0) is 12.3. The van der Waals surface area contributed by atoms with Crippen molar-refractivity contribution in [3.63, 3.8) is 0 Å². The van der Waals surface area contributed by atoms with Crippen molar-refractivity contribution in [2.24, 2.45) is 0 Å². The molecule has 1 aromatic heterocycles. The smallest absolute Gasteiger partial charge is 0.253 e. The molecule has 0 fully saturated rings. The molecule has 88 valence electrons. The van der Waals surface area contributed by atoms with Gasteiger partial charge in [-0.1, -0.05) is 16.8 Å². The van der Waals surface area contributed by atoms with Crippen molar-refractivity contribution < 1.29 is 9.32 Å². The normalized spacial score (nSPS) is 10.2. The van der Waals surface area contributed by atoms with Crippen LogP contribution in [0.1, 0.15) is 16.2 Å². The summed E-state index contributed by atoms with van der Waals surface area (Å²) in [6.07, 6.45) is 1.19. The maximum atomic E-state index is 11.8. The molecule has 0 aliphatic heterocycles. The summed E-state index contributed by atoms with van der Waals surface area (Å²) in [5.74, 6) is 0.0786. The van der Waals surface area contributed by atoms with Gasteiger partial charge in [0.2, 0.25) is 6.39 Å². The van der Waals surface area contributed by atoms with E-state index in [1.54, 1.807) is 12.1 Å². The highest BCUT2D eigenvalue weighted by molar-refractivity contribution is 6.31. The highest BCUT2D eigenvalue weighted by atomic mass is 35.5. The summed E-state index contributed by atoms with van der Waals surface area (Å²) >= 11 is 5.74. The second-order valence-corrected chi connectivity index (χ2v) is 3.70. The van der Waals surface area contributed by atoms with E-state index in [0.29, 0.717) is 22.1 Å². The van der Waals surface area contributed by atoms with Crippen LogP contribution in [0.3, 0.4) is 0 Å². The highest BCUT2D eigenvalue weighted by Crippen LogP contribution is 2.17. The van der Waals surface area contributed by atoms with Gasteiger partial charge in [0, 0.05) is 10.7 Å². The van der Waals surface area contributed by atoms with Crippen LogP contribution in [0, 0.1) is 0 Å². The van der Waals surface area contributed by atoms with Gasteiger partial charge in [0.15, 0.2) is 5.82 Å².